The summed E-state index contributed by atoms with van der Waals surface area (Å²) in [5.74, 6) is 1.00. The van der Waals surface area contributed by atoms with Crippen LogP contribution in [0.4, 0.5) is 10.4 Å². The van der Waals surface area contributed by atoms with Crippen molar-refractivity contribution in [2.24, 2.45) is 0 Å². The Bertz CT molecular complexity index is 1310. The molecule has 1 aliphatic heterocycles. The van der Waals surface area contributed by atoms with Crippen molar-refractivity contribution in [2.75, 3.05) is 24.2 Å². The van der Waals surface area contributed by atoms with Crippen molar-refractivity contribution in [2.45, 2.75) is 50.0 Å². The summed E-state index contributed by atoms with van der Waals surface area (Å²) < 4.78 is 27.4. The predicted molar refractivity (Wildman–Crippen MR) is 133 cm³/mol. The third kappa shape index (κ3) is 4.48. The second kappa shape index (κ2) is 9.14. The maximum atomic E-state index is 14.7. The summed E-state index contributed by atoms with van der Waals surface area (Å²) in [5, 5.41) is 6.05. The summed E-state index contributed by atoms with van der Waals surface area (Å²) in [6.07, 6.45) is 5.05. The molecule has 0 atom stereocenters. The molecule has 1 fully saturated rings. The van der Waals surface area contributed by atoms with Crippen LogP contribution in [0.15, 0.2) is 39.3 Å². The number of aromatic nitrogens is 4. The van der Waals surface area contributed by atoms with Gasteiger partial charge in [0.05, 0.1) is 5.52 Å². The molecule has 3 aromatic heterocycles. The van der Waals surface area contributed by atoms with Gasteiger partial charge in [0.1, 0.15) is 22.9 Å². The van der Waals surface area contributed by atoms with Crippen LogP contribution in [0.2, 0.25) is 0 Å². The van der Waals surface area contributed by atoms with E-state index in [4.69, 9.17) is 9.26 Å². The first-order chi connectivity index (χ1) is 16.3. The van der Waals surface area contributed by atoms with Crippen LogP contribution >= 0.6 is 23.1 Å². The molecule has 1 saturated heterocycles. The number of thioether (sulfide) groups is 1. The monoisotopic (exact) mass is 499 g/mol. The number of anilines is 1. The van der Waals surface area contributed by atoms with Gasteiger partial charge < -0.3 is 14.2 Å². The van der Waals surface area contributed by atoms with Crippen LogP contribution in [0.5, 0.6) is 5.88 Å². The van der Waals surface area contributed by atoms with Crippen molar-refractivity contribution in [3.63, 3.8) is 0 Å². The van der Waals surface area contributed by atoms with Crippen LogP contribution in [-0.2, 0) is 5.41 Å². The van der Waals surface area contributed by atoms with Gasteiger partial charge in [0.25, 0.3) is 0 Å². The molecule has 5 rings (SSSR count). The largest absolute Gasteiger partial charge is 0.473 e. The Labute approximate surface area is 205 Å². The molecular weight excluding hydrogens is 473 g/mol. The minimum absolute atomic E-state index is 0.0162. The fourth-order valence-corrected chi connectivity index (χ4v) is 5.29. The molecule has 0 aliphatic carbocycles. The molecule has 1 aromatic carbocycles. The zero-order valence-corrected chi connectivity index (χ0v) is 21.2. The van der Waals surface area contributed by atoms with Gasteiger partial charge in [-0.3, -0.25) is 0 Å². The van der Waals surface area contributed by atoms with Crippen LogP contribution in [0, 0.1) is 5.82 Å². The first kappa shape index (κ1) is 23.0. The van der Waals surface area contributed by atoms with Gasteiger partial charge in [0.2, 0.25) is 5.88 Å². The zero-order chi connectivity index (χ0) is 23.9. The van der Waals surface area contributed by atoms with E-state index in [0.29, 0.717) is 28.8 Å². The molecule has 0 bridgehead atoms. The molecular formula is C24H26FN5O2S2. The van der Waals surface area contributed by atoms with Gasteiger partial charge >= 0.3 is 6.01 Å². The van der Waals surface area contributed by atoms with E-state index in [2.05, 4.69) is 45.8 Å². The Hall–Kier alpha value is -2.72. The van der Waals surface area contributed by atoms with E-state index >= 15 is 0 Å². The molecule has 10 heteroatoms. The molecule has 0 amide bonds. The highest BCUT2D eigenvalue weighted by atomic mass is 32.2. The summed E-state index contributed by atoms with van der Waals surface area (Å²) in [7, 11) is 0. The minimum Gasteiger partial charge on any atom is -0.473 e. The van der Waals surface area contributed by atoms with Crippen molar-refractivity contribution < 1.29 is 13.7 Å². The van der Waals surface area contributed by atoms with E-state index in [0.717, 1.165) is 41.1 Å². The van der Waals surface area contributed by atoms with Gasteiger partial charge in [0.15, 0.2) is 5.82 Å². The van der Waals surface area contributed by atoms with Crippen LogP contribution in [0.25, 0.3) is 21.3 Å². The molecule has 0 spiro atoms. The summed E-state index contributed by atoms with van der Waals surface area (Å²) in [6, 6.07) is 5.85. The number of thiophene rings is 1. The summed E-state index contributed by atoms with van der Waals surface area (Å²) in [6.45, 7) is 7.70. The lowest BCUT2D eigenvalue weighted by Crippen LogP contribution is -2.38. The Morgan fingerprint density at radius 2 is 1.97 bits per heavy atom. The smallest absolute Gasteiger partial charge is 0.324 e. The predicted octanol–water partition coefficient (Wildman–Crippen LogP) is 5.95. The van der Waals surface area contributed by atoms with Crippen molar-refractivity contribution in [1.29, 1.82) is 0 Å². The lowest BCUT2D eigenvalue weighted by atomic mass is 9.96. The molecule has 0 N–H and O–H groups in total. The van der Waals surface area contributed by atoms with Gasteiger partial charge in [-0.15, -0.1) is 23.1 Å². The quantitative estimate of drug-likeness (QED) is 0.312. The fraction of sp³-hybridized carbons (Fsp3) is 0.417. The normalized spacial score (nSPS) is 15.3. The van der Waals surface area contributed by atoms with E-state index in [-0.39, 0.29) is 17.3 Å². The molecule has 4 heterocycles. The topological polar surface area (TPSA) is 77.2 Å². The summed E-state index contributed by atoms with van der Waals surface area (Å²) in [5.41, 5.74) is 1.86. The molecule has 4 aromatic rings. The number of ether oxygens (including phenoxy) is 1. The van der Waals surface area contributed by atoms with Crippen LogP contribution < -0.4 is 9.64 Å². The van der Waals surface area contributed by atoms with E-state index in [1.54, 1.807) is 6.07 Å². The van der Waals surface area contributed by atoms with Gasteiger partial charge in [-0.05, 0) is 18.4 Å². The highest BCUT2D eigenvalue weighted by molar-refractivity contribution is 7.98. The maximum Gasteiger partial charge on any atom is 0.324 e. The molecule has 0 radical (unpaired) electrons. The Kier molecular flexibility index (Phi) is 6.20. The van der Waals surface area contributed by atoms with Crippen LogP contribution in [0.3, 0.4) is 0 Å². The third-order valence-electron chi connectivity index (χ3n) is 5.86. The van der Waals surface area contributed by atoms with E-state index in [1.807, 2.05) is 23.8 Å². The highest BCUT2D eigenvalue weighted by Gasteiger charge is 2.28. The van der Waals surface area contributed by atoms with Crippen LogP contribution in [0.1, 0.15) is 39.4 Å². The summed E-state index contributed by atoms with van der Waals surface area (Å²) >= 11 is 2.99. The van der Waals surface area contributed by atoms with Crippen LogP contribution in [-0.4, -0.2) is 45.6 Å². The molecule has 0 unspecified atom stereocenters. The van der Waals surface area contributed by atoms with Gasteiger partial charge in [-0.2, -0.15) is 4.98 Å². The number of nitrogens with zero attached hydrogens (tertiary/aromatic N) is 5. The number of rotatable bonds is 5. The number of piperidine rings is 1. The SMILES string of the molecule is CSc1ccc(-c2csc3c(OC4CCN(c5nc(C(C)(C)C)no5)CC4)ncnc23)c(F)c1. The highest BCUT2D eigenvalue weighted by Crippen LogP contribution is 2.39. The number of benzene rings is 1. The standard InChI is InChI=1S/C24H26FN5O2S2/c1-24(2,3)22-28-23(32-29-22)30-9-7-14(8-10-30)31-21-20-19(26-13-27-21)17(12-34-20)16-6-5-15(33-4)11-18(16)25/h5-6,11-14H,7-10H2,1-4H3. The Morgan fingerprint density at radius 1 is 1.18 bits per heavy atom. The third-order valence-corrected chi connectivity index (χ3v) is 7.55. The lowest BCUT2D eigenvalue weighted by molar-refractivity contribution is 0.164. The number of hydrogen-bond acceptors (Lipinski definition) is 9. The van der Waals surface area contributed by atoms with Crippen molar-refractivity contribution in [3.05, 3.63) is 41.5 Å². The fourth-order valence-electron chi connectivity index (χ4n) is 3.92. The average Bonchev–Trinajstić information content (AvgIpc) is 3.48. The Balaban J connectivity index is 1.30. The van der Waals surface area contributed by atoms with Crippen molar-refractivity contribution in [3.8, 4) is 17.0 Å². The lowest BCUT2D eigenvalue weighted by Gasteiger charge is -2.30. The average molecular weight is 500 g/mol. The molecule has 7 nitrogen and oxygen atoms in total. The van der Waals surface area contributed by atoms with Gasteiger partial charge in [-0.1, -0.05) is 32.0 Å². The number of fused-ring (bicyclic) bond motifs is 1. The molecule has 1 aliphatic rings. The number of halogens is 1. The summed E-state index contributed by atoms with van der Waals surface area (Å²) in [4.78, 5) is 16.4. The van der Waals surface area contributed by atoms with E-state index in [1.165, 1.54) is 29.4 Å². The second-order valence-corrected chi connectivity index (χ2v) is 11.1. The first-order valence-corrected chi connectivity index (χ1v) is 13.3. The van der Waals surface area contributed by atoms with Crippen molar-refractivity contribution >= 4 is 39.3 Å². The van der Waals surface area contributed by atoms with E-state index in [9.17, 15) is 4.39 Å². The second-order valence-electron chi connectivity index (χ2n) is 9.31. The molecule has 0 saturated carbocycles. The first-order valence-electron chi connectivity index (χ1n) is 11.2. The zero-order valence-electron chi connectivity index (χ0n) is 19.5. The Morgan fingerprint density at radius 3 is 2.65 bits per heavy atom. The molecule has 34 heavy (non-hydrogen) atoms. The van der Waals surface area contributed by atoms with Crippen molar-refractivity contribution in [1.82, 2.24) is 20.1 Å². The molecule has 178 valence electrons. The minimum atomic E-state index is -0.254. The van der Waals surface area contributed by atoms with Gasteiger partial charge in [-0.25, -0.2) is 14.4 Å². The van der Waals surface area contributed by atoms with Gasteiger partial charge in [0, 0.05) is 52.7 Å². The number of hydrogen-bond donors (Lipinski definition) is 0. The van der Waals surface area contributed by atoms with E-state index < -0.39 is 0 Å². The maximum absolute atomic E-state index is 14.7.